The van der Waals surface area contributed by atoms with Crippen LogP contribution in [-0.4, -0.2) is 66.2 Å². The molecule has 7 heteroatoms. The summed E-state index contributed by atoms with van der Waals surface area (Å²) in [6.45, 7) is 0. The standard InChI is InChI=1S/C8H14O7/c1-13-7(12)6-4(10)3(9)5(11)8(14-2)15-6/h3-6,8-11H,1-2H3/t3-,4-,5-,6-,8-/m0/s1. The molecule has 0 radical (unpaired) electrons. The molecule has 1 fully saturated rings. The maximum atomic E-state index is 11.1. The predicted octanol–water partition coefficient (Wildman–Crippen LogP) is -2.39. The van der Waals surface area contributed by atoms with Crippen LogP contribution in [0.5, 0.6) is 0 Å². The average molecular weight is 222 g/mol. The molecule has 1 rings (SSSR count). The first kappa shape index (κ1) is 12.3. The molecule has 88 valence electrons. The largest absolute Gasteiger partial charge is 0.467 e. The first-order valence-electron chi connectivity index (χ1n) is 4.33. The molecule has 0 aromatic rings. The number of carbonyl (C=O) groups excluding carboxylic acids is 1. The van der Waals surface area contributed by atoms with Crippen LogP contribution in [0.2, 0.25) is 0 Å². The van der Waals surface area contributed by atoms with Crippen LogP contribution in [0.4, 0.5) is 0 Å². The number of hydrogen-bond acceptors (Lipinski definition) is 7. The highest BCUT2D eigenvalue weighted by atomic mass is 16.7. The van der Waals surface area contributed by atoms with Gasteiger partial charge in [-0.05, 0) is 0 Å². The van der Waals surface area contributed by atoms with Crippen molar-refractivity contribution < 1.29 is 34.3 Å². The minimum Gasteiger partial charge on any atom is -0.467 e. The lowest BCUT2D eigenvalue weighted by Crippen LogP contribution is -2.60. The monoisotopic (exact) mass is 222 g/mol. The summed E-state index contributed by atoms with van der Waals surface area (Å²) in [5.41, 5.74) is 0. The predicted molar refractivity (Wildman–Crippen MR) is 45.7 cm³/mol. The zero-order valence-corrected chi connectivity index (χ0v) is 8.36. The van der Waals surface area contributed by atoms with E-state index >= 15 is 0 Å². The zero-order valence-electron chi connectivity index (χ0n) is 8.36. The normalized spacial score (nSPS) is 41.3. The summed E-state index contributed by atoms with van der Waals surface area (Å²) < 4.78 is 14.0. The molecule has 7 nitrogen and oxygen atoms in total. The number of aliphatic hydroxyl groups excluding tert-OH is 3. The van der Waals surface area contributed by atoms with Crippen LogP contribution in [0.3, 0.4) is 0 Å². The van der Waals surface area contributed by atoms with Crippen molar-refractivity contribution in [1.82, 2.24) is 0 Å². The van der Waals surface area contributed by atoms with Crippen molar-refractivity contribution in [2.75, 3.05) is 14.2 Å². The van der Waals surface area contributed by atoms with Gasteiger partial charge in [-0.25, -0.2) is 4.79 Å². The first-order chi connectivity index (χ1) is 7.02. The van der Waals surface area contributed by atoms with Crippen LogP contribution < -0.4 is 0 Å². The molecule has 0 unspecified atom stereocenters. The van der Waals surface area contributed by atoms with E-state index in [1.165, 1.54) is 7.11 Å². The summed E-state index contributed by atoms with van der Waals surface area (Å²) in [7, 11) is 2.37. The number of carbonyl (C=O) groups is 1. The first-order valence-corrected chi connectivity index (χ1v) is 4.33. The van der Waals surface area contributed by atoms with E-state index in [9.17, 15) is 20.1 Å². The molecule has 0 amide bonds. The van der Waals surface area contributed by atoms with Gasteiger partial charge < -0.3 is 29.5 Å². The lowest BCUT2D eigenvalue weighted by Gasteiger charge is -2.38. The fourth-order valence-electron chi connectivity index (χ4n) is 1.35. The van der Waals surface area contributed by atoms with E-state index in [2.05, 4.69) is 4.74 Å². The third kappa shape index (κ3) is 2.27. The Labute approximate surface area is 86.2 Å². The Bertz CT molecular complexity index is 229. The molecule has 0 bridgehead atoms. The van der Waals surface area contributed by atoms with E-state index in [-0.39, 0.29) is 0 Å². The molecule has 0 saturated carbocycles. The Hall–Kier alpha value is -0.730. The number of esters is 1. The van der Waals surface area contributed by atoms with E-state index in [4.69, 9.17) is 9.47 Å². The number of ether oxygens (including phenoxy) is 3. The van der Waals surface area contributed by atoms with Gasteiger partial charge in [-0.1, -0.05) is 0 Å². The second-order valence-electron chi connectivity index (χ2n) is 3.16. The van der Waals surface area contributed by atoms with Gasteiger partial charge in [0.05, 0.1) is 7.11 Å². The maximum Gasteiger partial charge on any atom is 0.337 e. The zero-order chi connectivity index (χ0) is 11.6. The fourth-order valence-corrected chi connectivity index (χ4v) is 1.35. The van der Waals surface area contributed by atoms with Crippen LogP contribution >= 0.6 is 0 Å². The molecular weight excluding hydrogens is 208 g/mol. The van der Waals surface area contributed by atoms with Gasteiger partial charge in [0, 0.05) is 7.11 Å². The van der Waals surface area contributed by atoms with E-state index < -0.39 is 36.7 Å². The topological polar surface area (TPSA) is 105 Å². The minimum atomic E-state index is -1.54. The molecule has 0 aromatic heterocycles. The van der Waals surface area contributed by atoms with Crippen molar-refractivity contribution in [3.8, 4) is 0 Å². The van der Waals surface area contributed by atoms with Crippen LogP contribution in [0.1, 0.15) is 0 Å². The van der Waals surface area contributed by atoms with E-state index in [1.807, 2.05) is 0 Å². The van der Waals surface area contributed by atoms with Gasteiger partial charge in [0.25, 0.3) is 0 Å². The summed E-state index contributed by atoms with van der Waals surface area (Å²) in [6, 6.07) is 0. The van der Waals surface area contributed by atoms with E-state index in [1.54, 1.807) is 0 Å². The summed E-state index contributed by atoms with van der Waals surface area (Å²) in [6.07, 6.45) is -7.01. The Kier molecular flexibility index (Phi) is 4.00. The molecule has 0 aliphatic carbocycles. The van der Waals surface area contributed by atoms with Gasteiger partial charge in [-0.3, -0.25) is 0 Å². The SMILES string of the molecule is COC(=O)[C@H]1O[C@H](OC)[C@@H](O)[C@@H](O)[C@@H]1O. The van der Waals surface area contributed by atoms with Crippen molar-refractivity contribution in [3.05, 3.63) is 0 Å². The van der Waals surface area contributed by atoms with Gasteiger partial charge in [-0.2, -0.15) is 0 Å². The fraction of sp³-hybridized carbons (Fsp3) is 0.875. The highest BCUT2D eigenvalue weighted by Gasteiger charge is 2.47. The van der Waals surface area contributed by atoms with E-state index in [0.717, 1.165) is 7.11 Å². The van der Waals surface area contributed by atoms with Gasteiger partial charge in [0.15, 0.2) is 12.4 Å². The van der Waals surface area contributed by atoms with Crippen LogP contribution in [0, 0.1) is 0 Å². The molecular formula is C8H14O7. The second-order valence-corrected chi connectivity index (χ2v) is 3.16. The Balaban J connectivity index is 2.78. The minimum absolute atomic E-state index is 0.837. The molecule has 1 aliphatic rings. The van der Waals surface area contributed by atoms with Gasteiger partial charge in [-0.15, -0.1) is 0 Å². The number of rotatable bonds is 2. The van der Waals surface area contributed by atoms with Crippen molar-refractivity contribution in [1.29, 1.82) is 0 Å². The quantitative estimate of drug-likeness (QED) is 0.448. The molecule has 1 aliphatic heterocycles. The van der Waals surface area contributed by atoms with Gasteiger partial charge in [0.2, 0.25) is 0 Å². The summed E-state index contributed by atoms with van der Waals surface area (Å²) in [4.78, 5) is 11.1. The highest BCUT2D eigenvalue weighted by Crippen LogP contribution is 2.22. The van der Waals surface area contributed by atoms with E-state index in [0.29, 0.717) is 0 Å². The Morgan fingerprint density at radius 1 is 1.13 bits per heavy atom. The number of methoxy groups -OCH3 is 2. The van der Waals surface area contributed by atoms with Crippen molar-refractivity contribution >= 4 is 5.97 Å². The smallest absolute Gasteiger partial charge is 0.337 e. The van der Waals surface area contributed by atoms with Crippen molar-refractivity contribution in [2.45, 2.75) is 30.7 Å². The average Bonchev–Trinajstić information content (AvgIpc) is 2.25. The summed E-state index contributed by atoms with van der Waals surface area (Å²) >= 11 is 0. The van der Waals surface area contributed by atoms with Crippen LogP contribution in [-0.2, 0) is 19.0 Å². The molecule has 1 heterocycles. The highest BCUT2D eigenvalue weighted by molar-refractivity contribution is 5.75. The third-order valence-corrected chi connectivity index (χ3v) is 2.24. The summed E-state index contributed by atoms with van der Waals surface area (Å²) in [5.74, 6) is -0.837. The molecule has 5 atom stereocenters. The lowest BCUT2D eigenvalue weighted by atomic mass is 9.99. The molecule has 3 N–H and O–H groups in total. The van der Waals surface area contributed by atoms with Crippen molar-refractivity contribution in [2.24, 2.45) is 0 Å². The van der Waals surface area contributed by atoms with Crippen LogP contribution in [0.25, 0.3) is 0 Å². The van der Waals surface area contributed by atoms with Crippen LogP contribution in [0.15, 0.2) is 0 Å². The van der Waals surface area contributed by atoms with Crippen molar-refractivity contribution in [3.63, 3.8) is 0 Å². The second kappa shape index (κ2) is 4.86. The summed E-state index contributed by atoms with van der Waals surface area (Å²) in [5, 5.41) is 28.2. The lowest BCUT2D eigenvalue weighted by molar-refractivity contribution is -0.288. The Morgan fingerprint density at radius 3 is 2.20 bits per heavy atom. The maximum absolute atomic E-state index is 11.1. The molecule has 15 heavy (non-hydrogen) atoms. The van der Waals surface area contributed by atoms with Gasteiger partial charge in [0.1, 0.15) is 18.3 Å². The third-order valence-electron chi connectivity index (χ3n) is 2.24. The molecule has 0 spiro atoms. The molecule has 0 aromatic carbocycles. The number of aliphatic hydroxyl groups is 3. The molecule has 1 saturated heterocycles. The Morgan fingerprint density at radius 2 is 1.73 bits per heavy atom. The van der Waals surface area contributed by atoms with Gasteiger partial charge >= 0.3 is 5.97 Å². The number of hydrogen-bond donors (Lipinski definition) is 3.